The van der Waals surface area contributed by atoms with E-state index in [1.165, 1.54) is 10.4 Å². The van der Waals surface area contributed by atoms with Crippen molar-refractivity contribution in [3.8, 4) is 0 Å². The van der Waals surface area contributed by atoms with Gasteiger partial charge in [0.2, 0.25) is 0 Å². The van der Waals surface area contributed by atoms with E-state index in [-0.39, 0.29) is 0 Å². The zero-order valence-corrected chi connectivity index (χ0v) is 11.2. The van der Waals surface area contributed by atoms with Gasteiger partial charge < -0.3 is 5.32 Å². The maximum Gasteiger partial charge on any atom is 0.0388 e. The van der Waals surface area contributed by atoms with Gasteiger partial charge in [0.1, 0.15) is 0 Å². The van der Waals surface area contributed by atoms with Gasteiger partial charge in [0.25, 0.3) is 0 Å². The largest absolute Gasteiger partial charge is 0.309 e. The summed E-state index contributed by atoms with van der Waals surface area (Å²) >= 11 is 1.80. The lowest BCUT2D eigenvalue weighted by molar-refractivity contribution is 0.576. The van der Waals surface area contributed by atoms with Gasteiger partial charge in [0.05, 0.1) is 0 Å². The van der Waals surface area contributed by atoms with Crippen LogP contribution in [0.2, 0.25) is 0 Å². The lowest BCUT2D eigenvalue weighted by Gasteiger charge is -2.12. The summed E-state index contributed by atoms with van der Waals surface area (Å²) in [5.74, 6) is 0.795. The molecule has 4 heteroatoms. The maximum absolute atomic E-state index is 10.9. The third-order valence-corrected chi connectivity index (χ3v) is 4.42. The van der Waals surface area contributed by atoms with Gasteiger partial charge in [-0.2, -0.15) is 0 Å². The first kappa shape index (κ1) is 12.9. The molecule has 1 rings (SSSR count). The van der Waals surface area contributed by atoms with Gasteiger partial charge in [0, 0.05) is 33.7 Å². The summed E-state index contributed by atoms with van der Waals surface area (Å²) in [6.07, 6.45) is 2.74. The Morgan fingerprint density at radius 3 is 2.87 bits per heavy atom. The van der Waals surface area contributed by atoms with Crippen molar-refractivity contribution in [3.63, 3.8) is 0 Å². The molecule has 1 N–H and O–H groups in total. The van der Waals surface area contributed by atoms with Crippen molar-refractivity contribution < 1.29 is 4.21 Å². The Kier molecular flexibility index (Phi) is 5.50. The van der Waals surface area contributed by atoms with Gasteiger partial charge in [0.15, 0.2) is 0 Å². The van der Waals surface area contributed by atoms with E-state index in [0.29, 0.717) is 6.04 Å². The van der Waals surface area contributed by atoms with Gasteiger partial charge in [-0.05, 0) is 43.8 Å². The molecule has 0 aliphatic heterocycles. The molecular weight excluding hydrogens is 226 g/mol. The quantitative estimate of drug-likeness (QED) is 0.780. The number of aryl methyl sites for hydroxylation is 1. The topological polar surface area (TPSA) is 29.1 Å². The molecule has 0 spiro atoms. The molecule has 0 saturated carbocycles. The van der Waals surface area contributed by atoms with Crippen LogP contribution in [0.3, 0.4) is 0 Å². The third-order valence-electron chi connectivity index (χ3n) is 2.35. The van der Waals surface area contributed by atoms with E-state index in [1.54, 1.807) is 17.6 Å². The Morgan fingerprint density at radius 1 is 1.60 bits per heavy atom. The molecule has 0 aliphatic carbocycles. The van der Waals surface area contributed by atoms with E-state index >= 15 is 0 Å². The van der Waals surface area contributed by atoms with Crippen molar-refractivity contribution in [2.24, 2.45) is 0 Å². The fourth-order valence-corrected chi connectivity index (χ4v) is 3.03. The predicted octanol–water partition coefficient (Wildman–Crippen LogP) is 2.48. The number of hydrogen-bond donors (Lipinski definition) is 1. The summed E-state index contributed by atoms with van der Waals surface area (Å²) < 4.78 is 10.9. The Labute approximate surface area is 98.6 Å². The number of rotatable bonds is 6. The summed E-state index contributed by atoms with van der Waals surface area (Å²) in [5.41, 5.74) is 1.36. The van der Waals surface area contributed by atoms with Crippen LogP contribution in [0.15, 0.2) is 11.4 Å². The number of nitrogens with one attached hydrogen (secondary N) is 1. The smallest absolute Gasteiger partial charge is 0.0388 e. The van der Waals surface area contributed by atoms with Crippen molar-refractivity contribution in [1.29, 1.82) is 0 Å². The Balaban J connectivity index is 2.28. The molecule has 0 bridgehead atoms. The van der Waals surface area contributed by atoms with Crippen LogP contribution in [-0.4, -0.2) is 22.8 Å². The molecule has 2 atom stereocenters. The predicted molar refractivity (Wildman–Crippen MR) is 69.0 cm³/mol. The minimum absolute atomic E-state index is 0.412. The SMILES string of the molecule is Cc1ccsc1C(C)NCCCS(C)=O. The van der Waals surface area contributed by atoms with Gasteiger partial charge >= 0.3 is 0 Å². The van der Waals surface area contributed by atoms with Crippen molar-refractivity contribution in [1.82, 2.24) is 5.32 Å². The maximum atomic E-state index is 10.9. The monoisotopic (exact) mass is 245 g/mol. The van der Waals surface area contributed by atoms with Crippen molar-refractivity contribution in [3.05, 3.63) is 21.9 Å². The molecule has 2 unspecified atom stereocenters. The summed E-state index contributed by atoms with van der Waals surface area (Å²) in [6, 6.07) is 2.56. The second kappa shape index (κ2) is 6.40. The van der Waals surface area contributed by atoms with Crippen molar-refractivity contribution in [2.45, 2.75) is 26.3 Å². The highest BCUT2D eigenvalue weighted by Gasteiger charge is 2.08. The van der Waals surface area contributed by atoms with Crippen molar-refractivity contribution >= 4 is 22.1 Å². The molecule has 1 heterocycles. The van der Waals surface area contributed by atoms with E-state index in [9.17, 15) is 4.21 Å². The zero-order valence-electron chi connectivity index (χ0n) is 9.58. The average molecular weight is 245 g/mol. The van der Waals surface area contributed by atoms with Crippen LogP contribution in [0.5, 0.6) is 0 Å². The minimum Gasteiger partial charge on any atom is -0.309 e. The molecule has 1 aromatic heterocycles. The molecule has 1 aromatic rings. The molecule has 0 aliphatic rings. The van der Waals surface area contributed by atoms with Gasteiger partial charge in [-0.1, -0.05) is 0 Å². The second-order valence-electron chi connectivity index (χ2n) is 3.77. The van der Waals surface area contributed by atoms with E-state index in [4.69, 9.17) is 0 Å². The molecule has 15 heavy (non-hydrogen) atoms. The number of thiophene rings is 1. The Morgan fingerprint density at radius 2 is 2.33 bits per heavy atom. The molecule has 0 aromatic carbocycles. The lowest BCUT2D eigenvalue weighted by Crippen LogP contribution is -2.20. The first-order chi connectivity index (χ1) is 7.11. The third kappa shape index (κ3) is 4.45. The molecule has 2 nitrogen and oxygen atoms in total. The van der Waals surface area contributed by atoms with Gasteiger partial charge in [-0.3, -0.25) is 4.21 Å². The summed E-state index contributed by atoms with van der Waals surface area (Å²) in [5, 5.41) is 5.59. The average Bonchev–Trinajstić information content (AvgIpc) is 2.58. The van der Waals surface area contributed by atoms with Gasteiger partial charge in [-0.15, -0.1) is 11.3 Å². The molecule has 0 fully saturated rings. The first-order valence-corrected chi connectivity index (χ1v) is 7.79. The molecule has 0 amide bonds. The van der Waals surface area contributed by atoms with E-state index < -0.39 is 10.8 Å². The molecular formula is C11H19NOS2. The van der Waals surface area contributed by atoms with Crippen LogP contribution in [-0.2, 0) is 10.8 Å². The standard InChI is InChI=1S/C11H19NOS2/c1-9-5-7-14-11(9)10(2)12-6-4-8-15(3)13/h5,7,10,12H,4,6,8H2,1-3H3. The molecule has 0 saturated heterocycles. The fourth-order valence-electron chi connectivity index (χ4n) is 1.51. The van der Waals surface area contributed by atoms with E-state index in [1.807, 2.05) is 0 Å². The van der Waals surface area contributed by atoms with Crippen LogP contribution in [0.1, 0.15) is 29.8 Å². The number of hydrogen-bond acceptors (Lipinski definition) is 3. The van der Waals surface area contributed by atoms with Crippen LogP contribution < -0.4 is 5.32 Å². The van der Waals surface area contributed by atoms with Crippen molar-refractivity contribution in [2.75, 3.05) is 18.6 Å². The summed E-state index contributed by atoms with van der Waals surface area (Å²) in [6.45, 7) is 5.27. The highest BCUT2D eigenvalue weighted by molar-refractivity contribution is 7.84. The van der Waals surface area contributed by atoms with E-state index in [2.05, 4.69) is 30.6 Å². The lowest BCUT2D eigenvalue weighted by atomic mass is 10.2. The highest BCUT2D eigenvalue weighted by Crippen LogP contribution is 2.23. The summed E-state index contributed by atoms with van der Waals surface area (Å²) in [7, 11) is -0.659. The van der Waals surface area contributed by atoms with Gasteiger partial charge in [-0.25, -0.2) is 0 Å². The second-order valence-corrected chi connectivity index (χ2v) is 6.28. The van der Waals surface area contributed by atoms with Crippen LogP contribution in [0, 0.1) is 6.92 Å². The first-order valence-electron chi connectivity index (χ1n) is 5.18. The Hall–Kier alpha value is -0.190. The molecule has 86 valence electrons. The van der Waals surface area contributed by atoms with Crippen LogP contribution >= 0.6 is 11.3 Å². The Bertz CT molecular complexity index is 322. The highest BCUT2D eigenvalue weighted by atomic mass is 32.2. The van der Waals surface area contributed by atoms with Crippen LogP contribution in [0.25, 0.3) is 0 Å². The normalized spacial score (nSPS) is 15.1. The zero-order chi connectivity index (χ0) is 11.3. The fraction of sp³-hybridized carbons (Fsp3) is 0.636. The minimum atomic E-state index is -0.659. The van der Waals surface area contributed by atoms with E-state index in [0.717, 1.165) is 18.7 Å². The molecule has 0 radical (unpaired) electrons. The summed E-state index contributed by atoms with van der Waals surface area (Å²) in [4.78, 5) is 1.41. The van der Waals surface area contributed by atoms with Crippen LogP contribution in [0.4, 0.5) is 0 Å².